The monoisotopic (exact) mass is 189 g/mol. The van der Waals surface area contributed by atoms with Gasteiger partial charge in [0.1, 0.15) is 0 Å². The molecule has 0 aromatic carbocycles. The quantitative estimate of drug-likeness (QED) is 0.528. The Balaban J connectivity index is 2.63. The number of carboxylic acids is 1. The predicted molar refractivity (Wildman–Crippen MR) is 43.1 cm³/mol. The molecule has 5 nitrogen and oxygen atoms in total. The maximum Gasteiger partial charge on any atom is 0.309 e. The zero-order valence-corrected chi connectivity index (χ0v) is 6.80. The van der Waals surface area contributed by atoms with Gasteiger partial charge in [-0.1, -0.05) is 0 Å². The lowest BCUT2D eigenvalue weighted by atomic mass is 10.4. The lowest BCUT2D eigenvalue weighted by Crippen LogP contribution is -2.00. The predicted octanol–water partition coefficient (Wildman–Crippen LogP) is 0.338. The molecule has 6 heteroatoms. The average Bonchev–Trinajstić information content (AvgIpc) is 2.36. The number of hydrogen-bond donors (Lipinski definition) is 2. The van der Waals surface area contributed by atoms with Gasteiger partial charge in [0, 0.05) is 5.38 Å². The lowest BCUT2D eigenvalue weighted by Gasteiger charge is -1.88. The van der Waals surface area contributed by atoms with Crippen LogP contribution in [0.1, 0.15) is 5.69 Å². The number of carbonyl (C=O) groups excluding carboxylic acids is 1. The van der Waals surface area contributed by atoms with Gasteiger partial charge in [0.2, 0.25) is 6.41 Å². The van der Waals surface area contributed by atoms with Crippen LogP contribution >= 0.6 is 11.3 Å². The van der Waals surface area contributed by atoms with Crippen LogP contribution in [0.3, 0.4) is 0 Å². The second-order valence-electron chi connectivity index (χ2n) is 1.98. The SMILES string of the molecule is O=C[15NH][13c]1[15n]c(CC(=O)O)cs1. The summed E-state index contributed by atoms with van der Waals surface area (Å²) in [6, 6.07) is 0. The van der Waals surface area contributed by atoms with Crippen molar-refractivity contribution in [3.05, 3.63) is 11.1 Å². The van der Waals surface area contributed by atoms with E-state index in [4.69, 9.17) is 5.11 Å². The van der Waals surface area contributed by atoms with Gasteiger partial charge in [0.15, 0.2) is 5.13 Å². The van der Waals surface area contributed by atoms with Crippen molar-refractivity contribution in [3.63, 3.8) is 0 Å². The van der Waals surface area contributed by atoms with Crippen LogP contribution in [0.25, 0.3) is 0 Å². The molecule has 1 aromatic rings. The summed E-state index contributed by atoms with van der Waals surface area (Å²) in [4.78, 5) is 24.0. The van der Waals surface area contributed by atoms with Gasteiger partial charge in [-0.15, -0.1) is 11.3 Å². The molecule has 0 bridgehead atoms. The van der Waals surface area contributed by atoms with Crippen molar-refractivity contribution in [2.75, 3.05) is 5.32 Å². The topological polar surface area (TPSA) is 79.3 Å². The van der Waals surface area contributed by atoms with Crippen LogP contribution in [0.4, 0.5) is 5.13 Å². The van der Waals surface area contributed by atoms with Crippen LogP contribution in [-0.2, 0) is 16.0 Å². The van der Waals surface area contributed by atoms with Crippen LogP contribution in [-0.4, -0.2) is 22.5 Å². The summed E-state index contributed by atoms with van der Waals surface area (Å²) in [5.41, 5.74) is 0.455. The second kappa shape index (κ2) is 3.82. The highest BCUT2D eigenvalue weighted by Gasteiger charge is 2.04. The van der Waals surface area contributed by atoms with Crippen molar-refractivity contribution in [3.8, 4) is 0 Å². The molecule has 0 aliphatic carbocycles. The Hall–Kier alpha value is -1.43. The minimum absolute atomic E-state index is 0.114. The first-order valence-corrected chi connectivity index (χ1v) is 3.96. The molecule has 1 rings (SSSR count). The van der Waals surface area contributed by atoms with Gasteiger partial charge in [-0.3, -0.25) is 9.59 Å². The summed E-state index contributed by atoms with van der Waals surface area (Å²) in [5, 5.41) is 12.7. The van der Waals surface area contributed by atoms with E-state index in [0.717, 1.165) is 0 Å². The molecule has 1 aromatic heterocycles. The number of carbonyl (C=O) groups is 2. The van der Waals surface area contributed by atoms with E-state index < -0.39 is 5.97 Å². The molecule has 0 aliphatic heterocycles. The molecule has 1 heterocycles. The number of carboxylic acid groups (broad SMARTS) is 1. The zero-order valence-electron chi connectivity index (χ0n) is 5.98. The molecular weight excluding hydrogens is 183 g/mol. The standard InChI is InChI=1S/C6H6N2O3S/c9-3-7-6-8-4(2-12-6)1-5(10)11/h2-3H,1H2,(H,10,11)(H,7,8,9)/i6+1,7+1,8+1. The molecule has 1 amide bonds. The third kappa shape index (κ3) is 2.31. The number of aliphatic carboxylic acids is 1. The van der Waals surface area contributed by atoms with Crippen LogP contribution in [0.5, 0.6) is 0 Å². The van der Waals surface area contributed by atoms with E-state index in [9.17, 15) is 9.59 Å². The average molecular weight is 189 g/mol. The Morgan fingerprint density at radius 1 is 1.83 bits per heavy atom. The summed E-state index contributed by atoms with van der Waals surface area (Å²) < 4.78 is 0. The highest BCUT2D eigenvalue weighted by molar-refractivity contribution is 7.13. The smallest absolute Gasteiger partial charge is 0.309 e. The van der Waals surface area contributed by atoms with E-state index in [0.29, 0.717) is 17.2 Å². The van der Waals surface area contributed by atoms with Crippen molar-refractivity contribution in [1.82, 2.24) is 4.98 Å². The van der Waals surface area contributed by atoms with Gasteiger partial charge in [-0.2, -0.15) is 0 Å². The third-order valence-corrected chi connectivity index (χ3v) is 1.89. The maximum atomic E-state index is 10.2. The Morgan fingerprint density at radius 3 is 3.17 bits per heavy atom. The molecule has 64 valence electrons. The highest BCUT2D eigenvalue weighted by Crippen LogP contribution is 2.14. The van der Waals surface area contributed by atoms with E-state index in [2.05, 4.69) is 10.3 Å². The molecule has 0 spiro atoms. The molecule has 2 N–H and O–H groups in total. The Bertz CT molecular complexity index is 297. The third-order valence-electron chi connectivity index (χ3n) is 1.07. The Morgan fingerprint density at radius 2 is 2.58 bits per heavy atom. The fraction of sp³-hybridized carbons (Fsp3) is 0.167. The molecule has 0 saturated carbocycles. The lowest BCUT2D eigenvalue weighted by molar-refractivity contribution is -0.136. The number of rotatable bonds is 4. The first-order valence-electron chi connectivity index (χ1n) is 3.08. The van der Waals surface area contributed by atoms with E-state index in [1.165, 1.54) is 11.3 Å². The minimum Gasteiger partial charge on any atom is -0.481 e. The first-order chi connectivity index (χ1) is 5.72. The molecule has 0 unspecified atom stereocenters. The zero-order chi connectivity index (χ0) is 8.97. The number of anilines is 1. The number of amides is 1. The fourth-order valence-electron chi connectivity index (χ4n) is 0.660. The van der Waals surface area contributed by atoms with E-state index in [-0.39, 0.29) is 6.42 Å². The van der Waals surface area contributed by atoms with Crippen molar-refractivity contribution in [1.29, 1.82) is 0 Å². The van der Waals surface area contributed by atoms with Gasteiger partial charge in [0.25, 0.3) is 0 Å². The molecule has 0 saturated heterocycles. The maximum absolute atomic E-state index is 10.2. The summed E-state index contributed by atoms with van der Waals surface area (Å²) in [6.45, 7) is 0. The highest BCUT2D eigenvalue weighted by atomic mass is 32.1. The van der Waals surface area contributed by atoms with Gasteiger partial charge in [0.05, 0.1) is 12.1 Å². The van der Waals surface area contributed by atoms with Gasteiger partial charge < -0.3 is 10.4 Å². The van der Waals surface area contributed by atoms with E-state index in [1.807, 2.05) is 0 Å². The Kier molecular flexibility index (Phi) is 2.76. The summed E-state index contributed by atoms with van der Waals surface area (Å²) in [6.07, 6.45) is 0.389. The largest absolute Gasteiger partial charge is 0.481 e. The molecular formula is C6H6N2O3S. The number of hydrogen-bond acceptors (Lipinski definition) is 4. The van der Waals surface area contributed by atoms with Crippen molar-refractivity contribution in [2.24, 2.45) is 0 Å². The summed E-state index contributed by atoms with van der Waals surface area (Å²) in [5.74, 6) is -0.932. The number of nitrogens with one attached hydrogen (secondary N) is 1. The van der Waals surface area contributed by atoms with Gasteiger partial charge >= 0.3 is 5.97 Å². The molecule has 0 atom stereocenters. The van der Waals surface area contributed by atoms with Crippen LogP contribution in [0, 0.1) is 0 Å². The van der Waals surface area contributed by atoms with Crippen molar-refractivity contribution in [2.45, 2.75) is 6.42 Å². The van der Waals surface area contributed by atoms with E-state index in [1.54, 1.807) is 5.38 Å². The minimum atomic E-state index is -0.932. The summed E-state index contributed by atoms with van der Waals surface area (Å²) >= 11 is 1.20. The molecule has 12 heavy (non-hydrogen) atoms. The van der Waals surface area contributed by atoms with E-state index >= 15 is 0 Å². The van der Waals surface area contributed by atoms with Crippen molar-refractivity contribution < 1.29 is 14.7 Å². The van der Waals surface area contributed by atoms with Crippen LogP contribution in [0.15, 0.2) is 5.38 Å². The first kappa shape index (κ1) is 8.66. The van der Waals surface area contributed by atoms with Gasteiger partial charge in [-0.25, -0.2) is 4.98 Å². The fourth-order valence-corrected chi connectivity index (χ4v) is 1.33. The molecule has 0 fully saturated rings. The van der Waals surface area contributed by atoms with Crippen molar-refractivity contribution >= 4 is 28.8 Å². The summed E-state index contributed by atoms with van der Waals surface area (Å²) in [7, 11) is 0. The van der Waals surface area contributed by atoms with Crippen LogP contribution < -0.4 is 5.32 Å². The number of thiazole rings is 1. The number of aromatic nitrogens is 1. The molecule has 0 radical (unpaired) electrons. The van der Waals surface area contributed by atoms with Gasteiger partial charge in [-0.05, 0) is 0 Å². The second-order valence-corrected chi connectivity index (χ2v) is 2.83. The normalized spacial score (nSPS) is 9.33. The molecule has 0 aliphatic rings. The van der Waals surface area contributed by atoms with Crippen LogP contribution in [0.2, 0.25) is 0 Å². The number of nitrogens with zero attached hydrogens (tertiary/aromatic N) is 1. The Labute approximate surface area is 72.1 Å².